The maximum atomic E-state index is 10.0. The highest BCUT2D eigenvalue weighted by atomic mass is 16.5. The van der Waals surface area contributed by atoms with Crippen molar-refractivity contribution in [2.75, 3.05) is 27.2 Å². The van der Waals surface area contributed by atoms with Crippen molar-refractivity contribution in [3.63, 3.8) is 0 Å². The van der Waals surface area contributed by atoms with E-state index in [9.17, 15) is 5.11 Å². The Kier molecular flexibility index (Phi) is 6.91. The number of unbranched alkanes of at least 4 members (excludes halogenated alkanes) is 1. The van der Waals surface area contributed by atoms with Crippen molar-refractivity contribution < 1.29 is 9.84 Å². The van der Waals surface area contributed by atoms with Gasteiger partial charge in [-0.3, -0.25) is 0 Å². The lowest BCUT2D eigenvalue weighted by Gasteiger charge is -2.41. The van der Waals surface area contributed by atoms with Crippen LogP contribution in [0.4, 0.5) is 0 Å². The summed E-state index contributed by atoms with van der Waals surface area (Å²) < 4.78 is 6.61. The summed E-state index contributed by atoms with van der Waals surface area (Å²) in [6, 6.07) is 7.76. The second-order valence-corrected chi connectivity index (χ2v) is 7.20. The molecule has 2 rings (SSSR count). The van der Waals surface area contributed by atoms with Crippen LogP contribution in [0, 0.1) is 5.92 Å². The predicted octanol–water partition coefficient (Wildman–Crippen LogP) is 4.55. The molecule has 1 aliphatic carbocycles. The first-order chi connectivity index (χ1) is 11.1. The van der Waals surface area contributed by atoms with E-state index in [-0.39, 0.29) is 5.60 Å². The highest BCUT2D eigenvalue weighted by molar-refractivity contribution is 5.32. The second-order valence-electron chi connectivity index (χ2n) is 7.20. The highest BCUT2D eigenvalue weighted by Gasteiger charge is 2.42. The van der Waals surface area contributed by atoms with Gasteiger partial charge in [0, 0.05) is 19.1 Å². The van der Waals surface area contributed by atoms with Crippen LogP contribution in [-0.2, 0) is 10.3 Å². The molecule has 1 aromatic carbocycles. The summed E-state index contributed by atoms with van der Waals surface area (Å²) in [6.45, 7) is 4.03. The Hall–Kier alpha value is -1.06. The molecule has 0 amide bonds. The van der Waals surface area contributed by atoms with E-state index in [1.807, 2.05) is 12.1 Å². The molecule has 0 saturated heterocycles. The molecule has 1 aromatic rings. The van der Waals surface area contributed by atoms with Crippen LogP contribution in [0.3, 0.4) is 0 Å². The molecule has 2 unspecified atom stereocenters. The normalized spacial score (nSPS) is 25.5. The van der Waals surface area contributed by atoms with Crippen molar-refractivity contribution in [3.05, 3.63) is 29.8 Å². The molecule has 0 spiro atoms. The largest absolute Gasteiger partial charge is 0.508 e. The van der Waals surface area contributed by atoms with Crippen LogP contribution in [0.5, 0.6) is 5.75 Å². The average Bonchev–Trinajstić information content (AvgIpc) is 2.71. The predicted molar refractivity (Wildman–Crippen MR) is 95.8 cm³/mol. The van der Waals surface area contributed by atoms with Crippen molar-refractivity contribution in [2.45, 2.75) is 57.5 Å². The summed E-state index contributed by atoms with van der Waals surface area (Å²) in [6.07, 6.45) is 8.24. The van der Waals surface area contributed by atoms with Crippen LogP contribution in [0.25, 0.3) is 0 Å². The van der Waals surface area contributed by atoms with Crippen LogP contribution in [0.1, 0.15) is 57.4 Å². The molecule has 2 atom stereocenters. The number of ether oxygens (including phenoxy) is 1. The fourth-order valence-corrected chi connectivity index (χ4v) is 3.89. The summed E-state index contributed by atoms with van der Waals surface area (Å²) in [5.74, 6) is 0.812. The molecule has 0 heterocycles. The topological polar surface area (TPSA) is 32.7 Å². The van der Waals surface area contributed by atoms with Gasteiger partial charge in [-0.15, -0.1) is 0 Å². The third kappa shape index (κ3) is 4.71. The summed E-state index contributed by atoms with van der Waals surface area (Å²) in [7, 11) is 4.29. The minimum Gasteiger partial charge on any atom is -0.508 e. The van der Waals surface area contributed by atoms with Gasteiger partial charge >= 0.3 is 0 Å². The van der Waals surface area contributed by atoms with Crippen molar-refractivity contribution in [2.24, 2.45) is 5.92 Å². The lowest BCUT2D eigenvalue weighted by molar-refractivity contribution is -0.104. The Morgan fingerprint density at radius 3 is 2.78 bits per heavy atom. The Morgan fingerprint density at radius 2 is 2.09 bits per heavy atom. The number of nitrogens with zero attached hydrogens (tertiary/aromatic N) is 1. The van der Waals surface area contributed by atoms with Crippen molar-refractivity contribution in [3.8, 4) is 5.75 Å². The number of rotatable bonds is 7. The van der Waals surface area contributed by atoms with Crippen LogP contribution >= 0.6 is 0 Å². The molecular formula is C20H33NO2. The molecule has 1 N–H and O–H groups in total. The van der Waals surface area contributed by atoms with Crippen molar-refractivity contribution >= 4 is 0 Å². The smallest absolute Gasteiger partial charge is 0.115 e. The fraction of sp³-hybridized carbons (Fsp3) is 0.700. The molecule has 130 valence electrons. The fourth-order valence-electron chi connectivity index (χ4n) is 3.89. The van der Waals surface area contributed by atoms with Gasteiger partial charge in [-0.2, -0.15) is 0 Å². The number of hydrogen-bond donors (Lipinski definition) is 1. The lowest BCUT2D eigenvalue weighted by Crippen LogP contribution is -2.42. The molecule has 3 nitrogen and oxygen atoms in total. The number of aromatic hydroxyl groups is 1. The Bertz CT molecular complexity index is 474. The van der Waals surface area contributed by atoms with Gasteiger partial charge in [0.25, 0.3) is 0 Å². The number of phenols is 1. The van der Waals surface area contributed by atoms with Gasteiger partial charge in [0.05, 0.1) is 5.60 Å². The van der Waals surface area contributed by atoms with Gasteiger partial charge < -0.3 is 14.7 Å². The van der Waals surface area contributed by atoms with E-state index in [2.05, 4.69) is 32.0 Å². The molecule has 0 bridgehead atoms. The van der Waals surface area contributed by atoms with Gasteiger partial charge in [0.1, 0.15) is 5.75 Å². The molecule has 1 saturated carbocycles. The molecule has 3 heteroatoms. The van der Waals surface area contributed by atoms with E-state index >= 15 is 0 Å². The monoisotopic (exact) mass is 319 g/mol. The van der Waals surface area contributed by atoms with E-state index in [0.717, 1.165) is 38.0 Å². The van der Waals surface area contributed by atoms with Crippen LogP contribution in [0.2, 0.25) is 0 Å². The highest BCUT2D eigenvalue weighted by Crippen LogP contribution is 2.44. The SMILES string of the molecule is CCCCOC1(c2cccc(O)c2)CCCCCC1CN(C)C. The molecule has 0 aliphatic heterocycles. The molecule has 23 heavy (non-hydrogen) atoms. The number of benzene rings is 1. The van der Waals surface area contributed by atoms with Crippen LogP contribution in [0.15, 0.2) is 24.3 Å². The van der Waals surface area contributed by atoms with E-state index < -0.39 is 0 Å². The Balaban J connectivity index is 2.38. The number of hydrogen-bond acceptors (Lipinski definition) is 3. The minimum atomic E-state index is -0.255. The minimum absolute atomic E-state index is 0.255. The molecular weight excluding hydrogens is 286 g/mol. The summed E-state index contributed by atoms with van der Waals surface area (Å²) in [5.41, 5.74) is 0.900. The third-order valence-electron chi connectivity index (χ3n) is 5.04. The van der Waals surface area contributed by atoms with E-state index in [0.29, 0.717) is 11.7 Å². The quantitative estimate of drug-likeness (QED) is 0.591. The van der Waals surface area contributed by atoms with Gasteiger partial charge in [0.15, 0.2) is 0 Å². The zero-order valence-corrected chi connectivity index (χ0v) is 15.1. The third-order valence-corrected chi connectivity index (χ3v) is 5.04. The molecule has 1 aliphatic rings. The summed E-state index contributed by atoms with van der Waals surface area (Å²) in [4.78, 5) is 2.27. The first-order valence-electron chi connectivity index (χ1n) is 9.16. The van der Waals surface area contributed by atoms with Crippen molar-refractivity contribution in [1.82, 2.24) is 4.90 Å². The standard InChI is InChI=1S/C20H33NO2/c1-4-5-14-23-20(17-11-9-12-19(22)15-17)13-8-6-7-10-18(20)16-21(2)3/h9,11-12,15,18,22H,4-8,10,13-14,16H2,1-3H3. The Morgan fingerprint density at radius 1 is 1.26 bits per heavy atom. The average molecular weight is 319 g/mol. The first-order valence-corrected chi connectivity index (χ1v) is 9.16. The van der Waals surface area contributed by atoms with Crippen LogP contribution in [-0.4, -0.2) is 37.3 Å². The first kappa shape index (κ1) is 18.3. The summed E-state index contributed by atoms with van der Waals surface area (Å²) in [5, 5.41) is 10.0. The van der Waals surface area contributed by atoms with E-state index in [1.54, 1.807) is 6.07 Å². The molecule has 1 fully saturated rings. The van der Waals surface area contributed by atoms with Crippen LogP contribution < -0.4 is 0 Å². The van der Waals surface area contributed by atoms with E-state index in [4.69, 9.17) is 4.74 Å². The van der Waals surface area contributed by atoms with E-state index in [1.165, 1.54) is 25.7 Å². The summed E-state index contributed by atoms with van der Waals surface area (Å²) >= 11 is 0. The zero-order chi connectivity index (χ0) is 16.7. The lowest BCUT2D eigenvalue weighted by atomic mass is 9.77. The van der Waals surface area contributed by atoms with Gasteiger partial charge in [-0.25, -0.2) is 0 Å². The zero-order valence-electron chi connectivity index (χ0n) is 15.1. The second kappa shape index (κ2) is 8.70. The number of phenolic OH excluding ortho intramolecular Hbond substituents is 1. The maximum absolute atomic E-state index is 10.0. The molecule has 0 aromatic heterocycles. The molecule has 0 radical (unpaired) electrons. The van der Waals surface area contributed by atoms with Gasteiger partial charge in [0.2, 0.25) is 0 Å². The Labute approximate surface area is 141 Å². The van der Waals surface area contributed by atoms with Crippen molar-refractivity contribution in [1.29, 1.82) is 0 Å². The van der Waals surface area contributed by atoms with Gasteiger partial charge in [-0.1, -0.05) is 44.7 Å². The maximum Gasteiger partial charge on any atom is 0.115 e. The van der Waals surface area contributed by atoms with Gasteiger partial charge in [-0.05, 0) is 51.1 Å².